The number of halogens is 1. The second-order valence-electron chi connectivity index (χ2n) is 4.66. The molecule has 0 fully saturated rings. The minimum atomic E-state index is 0.0320. The molecule has 0 aliphatic rings. The summed E-state index contributed by atoms with van der Waals surface area (Å²) in [5.41, 5.74) is 2.17. The van der Waals surface area contributed by atoms with Crippen molar-refractivity contribution in [2.75, 3.05) is 7.11 Å². The Labute approximate surface area is 123 Å². The standard InChI is InChI=1S/C14H16ClN3O2/c1-8(2)10-6-5-9(3)11(7-10)20-14-17-12(15)16-13(18-14)19-4/h5-8H,1-4H3. The quantitative estimate of drug-likeness (QED) is 0.859. The van der Waals surface area contributed by atoms with E-state index >= 15 is 0 Å². The predicted molar refractivity (Wildman–Crippen MR) is 76.7 cm³/mol. The Kier molecular flexibility index (Phi) is 4.39. The van der Waals surface area contributed by atoms with Gasteiger partial charge in [0.15, 0.2) is 0 Å². The minimum absolute atomic E-state index is 0.0320. The van der Waals surface area contributed by atoms with Crippen LogP contribution in [0, 0.1) is 6.92 Å². The average Bonchev–Trinajstić information content (AvgIpc) is 2.40. The number of hydrogen-bond donors (Lipinski definition) is 0. The van der Waals surface area contributed by atoms with Gasteiger partial charge in [0.1, 0.15) is 5.75 Å². The van der Waals surface area contributed by atoms with E-state index < -0.39 is 0 Å². The first-order valence-corrected chi connectivity index (χ1v) is 6.61. The molecule has 0 radical (unpaired) electrons. The van der Waals surface area contributed by atoms with Gasteiger partial charge in [-0.2, -0.15) is 9.97 Å². The van der Waals surface area contributed by atoms with E-state index in [1.807, 2.05) is 19.1 Å². The highest BCUT2D eigenvalue weighted by Crippen LogP contribution is 2.28. The van der Waals surface area contributed by atoms with Gasteiger partial charge in [0, 0.05) is 0 Å². The Hall–Kier alpha value is -1.88. The van der Waals surface area contributed by atoms with Crippen LogP contribution < -0.4 is 9.47 Å². The van der Waals surface area contributed by atoms with Crippen molar-refractivity contribution in [3.8, 4) is 17.8 Å². The van der Waals surface area contributed by atoms with Crippen LogP contribution in [0.15, 0.2) is 18.2 Å². The van der Waals surface area contributed by atoms with E-state index in [9.17, 15) is 0 Å². The number of aromatic nitrogens is 3. The van der Waals surface area contributed by atoms with Gasteiger partial charge in [0.2, 0.25) is 5.28 Å². The van der Waals surface area contributed by atoms with Crippen molar-refractivity contribution in [1.29, 1.82) is 0 Å². The molecule has 0 saturated carbocycles. The Morgan fingerprint density at radius 2 is 1.80 bits per heavy atom. The normalized spacial score (nSPS) is 10.7. The fourth-order valence-corrected chi connectivity index (χ4v) is 1.78. The zero-order valence-corrected chi connectivity index (χ0v) is 12.6. The molecule has 1 aromatic carbocycles. The van der Waals surface area contributed by atoms with Crippen molar-refractivity contribution in [3.63, 3.8) is 0 Å². The van der Waals surface area contributed by atoms with Crippen LogP contribution in [0.1, 0.15) is 30.9 Å². The molecule has 0 bridgehead atoms. The lowest BCUT2D eigenvalue weighted by Crippen LogP contribution is -2.00. The lowest BCUT2D eigenvalue weighted by molar-refractivity contribution is 0.358. The largest absolute Gasteiger partial charge is 0.467 e. The zero-order valence-electron chi connectivity index (χ0n) is 11.8. The molecule has 106 valence electrons. The molecule has 2 aromatic rings. The van der Waals surface area contributed by atoms with Gasteiger partial charge in [0.05, 0.1) is 7.11 Å². The Morgan fingerprint density at radius 3 is 2.45 bits per heavy atom. The number of aryl methyl sites for hydroxylation is 1. The molecule has 0 atom stereocenters. The molecule has 0 saturated heterocycles. The van der Waals surface area contributed by atoms with E-state index in [4.69, 9.17) is 21.1 Å². The summed E-state index contributed by atoms with van der Waals surface area (Å²) in [5.74, 6) is 1.11. The molecule has 2 rings (SSSR count). The molecule has 20 heavy (non-hydrogen) atoms. The van der Waals surface area contributed by atoms with Gasteiger partial charge < -0.3 is 9.47 Å². The van der Waals surface area contributed by atoms with E-state index in [-0.39, 0.29) is 17.3 Å². The molecule has 6 heteroatoms. The maximum absolute atomic E-state index is 5.79. The molecule has 0 aliphatic carbocycles. The predicted octanol–water partition coefficient (Wildman–Crippen LogP) is 3.76. The van der Waals surface area contributed by atoms with Crippen molar-refractivity contribution < 1.29 is 9.47 Å². The number of nitrogens with zero attached hydrogens (tertiary/aromatic N) is 3. The highest BCUT2D eigenvalue weighted by atomic mass is 35.5. The lowest BCUT2D eigenvalue weighted by Gasteiger charge is -2.11. The van der Waals surface area contributed by atoms with Crippen molar-refractivity contribution in [3.05, 3.63) is 34.6 Å². The molecule has 5 nitrogen and oxygen atoms in total. The number of ether oxygens (including phenoxy) is 2. The van der Waals surface area contributed by atoms with Crippen LogP contribution in [0.25, 0.3) is 0 Å². The minimum Gasteiger partial charge on any atom is -0.467 e. The maximum Gasteiger partial charge on any atom is 0.329 e. The van der Waals surface area contributed by atoms with E-state index in [1.54, 1.807) is 0 Å². The van der Waals surface area contributed by atoms with Crippen molar-refractivity contribution in [2.24, 2.45) is 0 Å². The third-order valence-electron chi connectivity index (χ3n) is 2.83. The van der Waals surface area contributed by atoms with Gasteiger partial charge in [-0.15, -0.1) is 4.98 Å². The molecule has 1 heterocycles. The average molecular weight is 294 g/mol. The molecule has 0 aliphatic heterocycles. The summed E-state index contributed by atoms with van der Waals surface area (Å²) in [6.45, 7) is 6.20. The summed E-state index contributed by atoms with van der Waals surface area (Å²) in [5, 5.41) is 0.0320. The topological polar surface area (TPSA) is 57.1 Å². The van der Waals surface area contributed by atoms with Crippen LogP contribution in [-0.4, -0.2) is 22.1 Å². The van der Waals surface area contributed by atoms with Crippen LogP contribution in [-0.2, 0) is 0 Å². The number of benzene rings is 1. The summed E-state index contributed by atoms with van der Waals surface area (Å²) in [6.07, 6.45) is 0. The van der Waals surface area contributed by atoms with Crippen LogP contribution in [0.3, 0.4) is 0 Å². The summed E-state index contributed by atoms with van der Waals surface area (Å²) >= 11 is 5.79. The first kappa shape index (κ1) is 14.5. The van der Waals surface area contributed by atoms with E-state index in [2.05, 4.69) is 34.9 Å². The van der Waals surface area contributed by atoms with Gasteiger partial charge in [-0.05, 0) is 41.6 Å². The van der Waals surface area contributed by atoms with Crippen LogP contribution in [0.5, 0.6) is 17.8 Å². The molecule has 1 aromatic heterocycles. The fourth-order valence-electron chi connectivity index (χ4n) is 1.64. The number of methoxy groups -OCH3 is 1. The van der Waals surface area contributed by atoms with E-state index in [0.717, 1.165) is 5.56 Å². The highest BCUT2D eigenvalue weighted by molar-refractivity contribution is 6.28. The van der Waals surface area contributed by atoms with E-state index in [0.29, 0.717) is 11.7 Å². The first-order chi connectivity index (χ1) is 9.49. The first-order valence-electron chi connectivity index (χ1n) is 6.23. The van der Waals surface area contributed by atoms with Crippen molar-refractivity contribution >= 4 is 11.6 Å². The smallest absolute Gasteiger partial charge is 0.329 e. The molecular weight excluding hydrogens is 278 g/mol. The van der Waals surface area contributed by atoms with Crippen molar-refractivity contribution in [2.45, 2.75) is 26.7 Å². The van der Waals surface area contributed by atoms with Crippen LogP contribution >= 0.6 is 11.6 Å². The second kappa shape index (κ2) is 6.05. The third-order valence-corrected chi connectivity index (χ3v) is 3.00. The summed E-state index contributed by atoms with van der Waals surface area (Å²) in [6, 6.07) is 6.30. The monoisotopic (exact) mass is 293 g/mol. The fraction of sp³-hybridized carbons (Fsp3) is 0.357. The summed E-state index contributed by atoms with van der Waals surface area (Å²) in [4.78, 5) is 11.7. The second-order valence-corrected chi connectivity index (χ2v) is 4.99. The summed E-state index contributed by atoms with van der Waals surface area (Å²) < 4.78 is 10.6. The zero-order chi connectivity index (χ0) is 14.7. The highest BCUT2D eigenvalue weighted by Gasteiger charge is 2.10. The van der Waals surface area contributed by atoms with Gasteiger partial charge in [-0.25, -0.2) is 0 Å². The summed E-state index contributed by atoms with van der Waals surface area (Å²) in [7, 11) is 1.46. The Morgan fingerprint density at radius 1 is 1.10 bits per heavy atom. The molecule has 0 spiro atoms. The number of rotatable bonds is 4. The SMILES string of the molecule is COc1nc(Cl)nc(Oc2cc(C(C)C)ccc2C)n1. The van der Waals surface area contributed by atoms with Crippen molar-refractivity contribution in [1.82, 2.24) is 15.0 Å². The Balaban J connectivity index is 2.34. The van der Waals surface area contributed by atoms with Crippen LogP contribution in [0.4, 0.5) is 0 Å². The van der Waals surface area contributed by atoms with Crippen LogP contribution in [0.2, 0.25) is 5.28 Å². The van der Waals surface area contributed by atoms with Gasteiger partial charge in [-0.3, -0.25) is 0 Å². The Bertz CT molecular complexity index is 617. The van der Waals surface area contributed by atoms with Gasteiger partial charge in [0.25, 0.3) is 0 Å². The molecular formula is C14H16ClN3O2. The molecule has 0 amide bonds. The lowest BCUT2D eigenvalue weighted by atomic mass is 10.0. The molecule has 0 unspecified atom stereocenters. The van der Waals surface area contributed by atoms with E-state index in [1.165, 1.54) is 12.7 Å². The maximum atomic E-state index is 5.79. The van der Waals surface area contributed by atoms with Gasteiger partial charge in [-0.1, -0.05) is 26.0 Å². The third kappa shape index (κ3) is 3.36. The van der Waals surface area contributed by atoms with Gasteiger partial charge >= 0.3 is 12.0 Å². The molecule has 0 N–H and O–H groups in total. The number of hydrogen-bond acceptors (Lipinski definition) is 5.